The summed E-state index contributed by atoms with van der Waals surface area (Å²) in [4.78, 5) is 36.0. The highest BCUT2D eigenvalue weighted by Crippen LogP contribution is 2.30. The largest absolute Gasteiger partial charge is 0.483 e. The number of ether oxygens (including phenoxy) is 1. The first-order valence-corrected chi connectivity index (χ1v) is 10.2. The van der Waals surface area contributed by atoms with Crippen molar-refractivity contribution in [2.75, 3.05) is 11.9 Å². The number of nitrogens with one attached hydrogen (secondary N) is 3. The predicted octanol–water partition coefficient (Wildman–Crippen LogP) is 3.39. The van der Waals surface area contributed by atoms with Gasteiger partial charge in [-0.2, -0.15) is 0 Å². The third kappa shape index (κ3) is 5.83. The smallest absolute Gasteiger partial charge is 0.276 e. The van der Waals surface area contributed by atoms with Gasteiger partial charge in [0.25, 0.3) is 11.8 Å². The van der Waals surface area contributed by atoms with E-state index in [1.165, 1.54) is 0 Å². The fourth-order valence-corrected chi connectivity index (χ4v) is 2.91. The van der Waals surface area contributed by atoms with Gasteiger partial charge in [-0.1, -0.05) is 32.0 Å². The molecule has 3 rings (SSSR count). The standard InChI is InChI=1S/C23H27N3O4/c1-3-15(2)19-6-4-5-7-20(19)30-14-21(27)25-26-23(29)17-10-12-18(13-11-17)24-22(28)16-8-9-16/h4-7,10-13,15-16H,3,8-9,14H2,1-2H3,(H,24,28)(H,25,27)(H,26,29). The maximum absolute atomic E-state index is 12.2. The summed E-state index contributed by atoms with van der Waals surface area (Å²) in [5, 5.41) is 2.81. The highest BCUT2D eigenvalue weighted by molar-refractivity contribution is 5.97. The zero-order valence-corrected chi connectivity index (χ0v) is 17.2. The monoisotopic (exact) mass is 409 g/mol. The van der Waals surface area contributed by atoms with Crippen molar-refractivity contribution < 1.29 is 19.1 Å². The number of hydrogen-bond acceptors (Lipinski definition) is 4. The maximum Gasteiger partial charge on any atom is 0.276 e. The van der Waals surface area contributed by atoms with E-state index >= 15 is 0 Å². The molecule has 0 saturated heterocycles. The molecule has 0 heterocycles. The van der Waals surface area contributed by atoms with E-state index in [0.717, 1.165) is 24.8 Å². The molecule has 158 valence electrons. The zero-order chi connectivity index (χ0) is 21.5. The van der Waals surface area contributed by atoms with Crippen LogP contribution >= 0.6 is 0 Å². The number of rotatable bonds is 8. The molecule has 7 nitrogen and oxygen atoms in total. The first-order chi connectivity index (χ1) is 14.5. The Hall–Kier alpha value is -3.35. The highest BCUT2D eigenvalue weighted by Gasteiger charge is 2.29. The molecule has 0 bridgehead atoms. The summed E-state index contributed by atoms with van der Waals surface area (Å²) in [6, 6.07) is 14.1. The summed E-state index contributed by atoms with van der Waals surface area (Å²) in [6.07, 6.45) is 2.82. The van der Waals surface area contributed by atoms with Crippen LogP contribution in [0.5, 0.6) is 5.75 Å². The van der Waals surface area contributed by atoms with Gasteiger partial charge in [0.2, 0.25) is 5.91 Å². The Labute approximate surface area is 176 Å². The number of carbonyl (C=O) groups excluding carboxylic acids is 3. The molecule has 3 N–H and O–H groups in total. The average Bonchev–Trinajstić information content (AvgIpc) is 3.62. The van der Waals surface area contributed by atoms with Gasteiger partial charge in [-0.3, -0.25) is 25.2 Å². The van der Waals surface area contributed by atoms with Crippen molar-refractivity contribution in [2.45, 2.75) is 39.0 Å². The van der Waals surface area contributed by atoms with Crippen LogP contribution in [0, 0.1) is 5.92 Å². The molecule has 0 radical (unpaired) electrons. The van der Waals surface area contributed by atoms with Gasteiger partial charge in [-0.05, 0) is 61.1 Å². The third-order valence-corrected chi connectivity index (χ3v) is 5.10. The Morgan fingerprint density at radius 1 is 1.03 bits per heavy atom. The lowest BCUT2D eigenvalue weighted by molar-refractivity contribution is -0.123. The van der Waals surface area contributed by atoms with Crippen LogP contribution < -0.4 is 20.9 Å². The van der Waals surface area contributed by atoms with Gasteiger partial charge in [0.05, 0.1) is 0 Å². The van der Waals surface area contributed by atoms with E-state index in [1.807, 2.05) is 24.3 Å². The van der Waals surface area contributed by atoms with E-state index in [-0.39, 0.29) is 18.4 Å². The van der Waals surface area contributed by atoms with Gasteiger partial charge in [0, 0.05) is 17.2 Å². The molecular weight excluding hydrogens is 382 g/mol. The number of hydrazine groups is 1. The Bertz CT molecular complexity index is 907. The average molecular weight is 409 g/mol. The van der Waals surface area contributed by atoms with Gasteiger partial charge in [0.15, 0.2) is 6.61 Å². The minimum absolute atomic E-state index is 0.00867. The van der Waals surface area contributed by atoms with E-state index in [9.17, 15) is 14.4 Å². The first kappa shape index (κ1) is 21.4. The lowest BCUT2D eigenvalue weighted by Crippen LogP contribution is -2.43. The third-order valence-electron chi connectivity index (χ3n) is 5.10. The minimum Gasteiger partial charge on any atom is -0.483 e. The van der Waals surface area contributed by atoms with Gasteiger partial charge < -0.3 is 10.1 Å². The van der Waals surface area contributed by atoms with Gasteiger partial charge in [0.1, 0.15) is 5.75 Å². The van der Waals surface area contributed by atoms with Crippen molar-refractivity contribution in [3.63, 3.8) is 0 Å². The summed E-state index contributed by atoms with van der Waals surface area (Å²) >= 11 is 0. The van der Waals surface area contributed by atoms with Crippen molar-refractivity contribution in [3.8, 4) is 5.75 Å². The summed E-state index contributed by atoms with van der Waals surface area (Å²) in [5.41, 5.74) is 6.77. The molecule has 1 unspecified atom stereocenters. The molecular formula is C23H27N3O4. The molecule has 1 atom stereocenters. The SMILES string of the molecule is CCC(C)c1ccccc1OCC(=O)NNC(=O)c1ccc(NC(=O)C2CC2)cc1. The molecule has 30 heavy (non-hydrogen) atoms. The molecule has 0 aliphatic heterocycles. The summed E-state index contributed by atoms with van der Waals surface area (Å²) in [5.74, 6) is 0.189. The fourth-order valence-electron chi connectivity index (χ4n) is 2.91. The first-order valence-electron chi connectivity index (χ1n) is 10.2. The Morgan fingerprint density at radius 2 is 1.73 bits per heavy atom. The maximum atomic E-state index is 12.2. The van der Waals surface area contributed by atoms with Crippen LogP contribution in [0.15, 0.2) is 48.5 Å². The molecule has 3 amide bonds. The van der Waals surface area contributed by atoms with Gasteiger partial charge in [-0.25, -0.2) is 0 Å². The number of para-hydroxylation sites is 1. The van der Waals surface area contributed by atoms with E-state index in [2.05, 4.69) is 30.0 Å². The van der Waals surface area contributed by atoms with Crippen molar-refractivity contribution in [1.29, 1.82) is 0 Å². The quantitative estimate of drug-likeness (QED) is 0.582. The zero-order valence-electron chi connectivity index (χ0n) is 17.2. The normalized spacial score (nSPS) is 13.8. The van der Waals surface area contributed by atoms with E-state index in [0.29, 0.717) is 22.9 Å². The van der Waals surface area contributed by atoms with Crippen molar-refractivity contribution in [3.05, 3.63) is 59.7 Å². The van der Waals surface area contributed by atoms with E-state index in [4.69, 9.17) is 4.74 Å². The molecule has 1 aliphatic carbocycles. The van der Waals surface area contributed by atoms with Crippen molar-refractivity contribution >= 4 is 23.4 Å². The predicted molar refractivity (Wildman–Crippen MR) is 114 cm³/mol. The minimum atomic E-state index is -0.462. The molecule has 7 heteroatoms. The van der Waals surface area contributed by atoms with Crippen molar-refractivity contribution in [2.24, 2.45) is 5.92 Å². The molecule has 1 aliphatic rings. The van der Waals surface area contributed by atoms with Crippen LogP contribution in [-0.4, -0.2) is 24.3 Å². The Balaban J connectivity index is 1.45. The second kappa shape index (κ2) is 9.91. The van der Waals surface area contributed by atoms with Crippen LogP contribution in [0.3, 0.4) is 0 Å². The number of carbonyl (C=O) groups is 3. The second-order valence-corrected chi connectivity index (χ2v) is 7.48. The van der Waals surface area contributed by atoms with Gasteiger partial charge in [-0.15, -0.1) is 0 Å². The van der Waals surface area contributed by atoms with Crippen LogP contribution in [0.1, 0.15) is 54.9 Å². The molecule has 2 aromatic carbocycles. The molecule has 1 saturated carbocycles. The lowest BCUT2D eigenvalue weighted by Gasteiger charge is -2.15. The molecule has 0 aromatic heterocycles. The Kier molecular flexibility index (Phi) is 7.06. The lowest BCUT2D eigenvalue weighted by atomic mass is 9.98. The molecule has 0 spiro atoms. The molecule has 1 fully saturated rings. The number of benzene rings is 2. The fraction of sp³-hybridized carbons (Fsp3) is 0.348. The van der Waals surface area contributed by atoms with E-state index in [1.54, 1.807) is 24.3 Å². The van der Waals surface area contributed by atoms with E-state index < -0.39 is 11.8 Å². The van der Waals surface area contributed by atoms with Gasteiger partial charge >= 0.3 is 0 Å². The molecule has 2 aromatic rings. The number of hydrogen-bond donors (Lipinski definition) is 3. The highest BCUT2D eigenvalue weighted by atomic mass is 16.5. The van der Waals surface area contributed by atoms with Crippen LogP contribution in [0.25, 0.3) is 0 Å². The number of amides is 3. The van der Waals surface area contributed by atoms with Crippen LogP contribution in [-0.2, 0) is 9.59 Å². The van der Waals surface area contributed by atoms with Crippen LogP contribution in [0.4, 0.5) is 5.69 Å². The summed E-state index contributed by atoms with van der Waals surface area (Å²) < 4.78 is 5.63. The van der Waals surface area contributed by atoms with Crippen molar-refractivity contribution in [1.82, 2.24) is 10.9 Å². The second-order valence-electron chi connectivity index (χ2n) is 7.48. The number of anilines is 1. The summed E-state index contributed by atoms with van der Waals surface area (Å²) in [7, 11) is 0. The summed E-state index contributed by atoms with van der Waals surface area (Å²) in [6.45, 7) is 3.99. The van der Waals surface area contributed by atoms with Crippen LogP contribution in [0.2, 0.25) is 0 Å². The topological polar surface area (TPSA) is 96.5 Å². The Morgan fingerprint density at radius 3 is 2.40 bits per heavy atom.